The SMILES string of the molecule is CCCCO.COc1ccc(-c2ccc(N)c(P(C)(C)=O)c2)nn1.COc1ccc(-c2ccc(Nc3nc(Cl)ncc3Br)c(P(C)(C)=O)c2)nn1.Clc1ncc(Br)c(Cl)n1. The van der Waals surface area contributed by atoms with Crippen LogP contribution in [0.4, 0.5) is 17.2 Å². The maximum Gasteiger partial charge on any atom is 0.233 e. The fourth-order valence-corrected chi connectivity index (χ4v) is 7.85. The van der Waals surface area contributed by atoms with E-state index in [1.807, 2.05) is 30.3 Å². The Morgan fingerprint density at radius 2 is 1.22 bits per heavy atom. The molecule has 22 heteroatoms. The zero-order chi connectivity index (χ0) is 44.6. The number of hydrogen-bond donors (Lipinski definition) is 3. The van der Waals surface area contributed by atoms with Gasteiger partial charge in [0.1, 0.15) is 25.3 Å². The van der Waals surface area contributed by atoms with Crippen LogP contribution >= 0.6 is 80.9 Å². The number of ether oxygens (including phenoxy) is 2. The Hall–Kier alpha value is -3.79. The van der Waals surface area contributed by atoms with E-state index >= 15 is 0 Å². The van der Waals surface area contributed by atoms with E-state index in [0.29, 0.717) is 71.7 Å². The smallest absolute Gasteiger partial charge is 0.233 e. The second-order valence-electron chi connectivity index (χ2n) is 12.9. The van der Waals surface area contributed by atoms with E-state index in [-0.39, 0.29) is 10.6 Å². The molecular weight excluding hydrogens is 1000 g/mol. The van der Waals surface area contributed by atoms with Gasteiger partial charge in [0.25, 0.3) is 0 Å². The van der Waals surface area contributed by atoms with Gasteiger partial charge in [0.15, 0.2) is 0 Å². The number of aliphatic hydroxyl groups is 1. The summed E-state index contributed by atoms with van der Waals surface area (Å²) in [5.74, 6) is 1.37. The van der Waals surface area contributed by atoms with Crippen LogP contribution in [0, 0.1) is 0 Å². The van der Waals surface area contributed by atoms with Crippen molar-refractivity contribution < 1.29 is 23.7 Å². The largest absolute Gasteiger partial charge is 0.480 e. The van der Waals surface area contributed by atoms with Crippen molar-refractivity contribution in [3.05, 3.63) is 97.7 Å². The van der Waals surface area contributed by atoms with Crippen molar-refractivity contribution in [1.29, 1.82) is 0 Å². The lowest BCUT2D eigenvalue weighted by atomic mass is 10.1. The van der Waals surface area contributed by atoms with Crippen LogP contribution in [0.1, 0.15) is 19.8 Å². The van der Waals surface area contributed by atoms with Gasteiger partial charge in [-0.25, -0.2) is 15.0 Å². The quantitative estimate of drug-likeness (QED) is 0.0504. The molecular formula is C38H43Br2Cl3N10O5P2. The summed E-state index contributed by atoms with van der Waals surface area (Å²) in [6, 6.07) is 18.0. The van der Waals surface area contributed by atoms with Crippen molar-refractivity contribution in [1.82, 2.24) is 40.3 Å². The molecule has 0 saturated carbocycles. The van der Waals surface area contributed by atoms with Crippen molar-refractivity contribution in [3.63, 3.8) is 0 Å². The van der Waals surface area contributed by atoms with Gasteiger partial charge in [-0.3, -0.25) is 0 Å². The molecule has 0 unspecified atom stereocenters. The molecule has 4 N–H and O–H groups in total. The van der Waals surface area contributed by atoms with Crippen LogP contribution in [-0.2, 0) is 9.13 Å². The lowest BCUT2D eigenvalue weighted by Gasteiger charge is -2.17. The van der Waals surface area contributed by atoms with Gasteiger partial charge >= 0.3 is 0 Å². The summed E-state index contributed by atoms with van der Waals surface area (Å²) in [7, 11) is -1.96. The molecule has 4 aromatic heterocycles. The minimum absolute atomic E-state index is 0.114. The van der Waals surface area contributed by atoms with E-state index < -0.39 is 14.3 Å². The lowest BCUT2D eigenvalue weighted by molar-refractivity contribution is 0.287. The summed E-state index contributed by atoms with van der Waals surface area (Å²) in [6.45, 7) is 9.20. The molecule has 0 spiro atoms. The summed E-state index contributed by atoms with van der Waals surface area (Å²) in [5.41, 5.74) is 10.1. The molecule has 6 rings (SSSR count). The normalized spacial score (nSPS) is 10.8. The number of aliphatic hydroxyl groups excluding tert-OH is 1. The van der Waals surface area contributed by atoms with Crippen molar-refractivity contribution in [3.8, 4) is 34.3 Å². The highest BCUT2D eigenvalue weighted by molar-refractivity contribution is 9.11. The molecule has 6 aromatic rings. The average Bonchev–Trinajstić information content (AvgIpc) is 3.21. The van der Waals surface area contributed by atoms with Gasteiger partial charge in [-0.15, -0.1) is 20.4 Å². The second kappa shape index (κ2) is 24.0. The van der Waals surface area contributed by atoms with Crippen molar-refractivity contribution in [2.75, 3.05) is 58.5 Å². The number of nitrogens with one attached hydrogen (secondary N) is 1. The van der Waals surface area contributed by atoms with Crippen LogP contribution in [-0.4, -0.2) is 92.9 Å². The van der Waals surface area contributed by atoms with Gasteiger partial charge < -0.3 is 34.8 Å². The first-order valence-electron chi connectivity index (χ1n) is 17.6. The number of nitrogens with zero attached hydrogens (tertiary/aromatic N) is 8. The first-order chi connectivity index (χ1) is 28.3. The van der Waals surface area contributed by atoms with Crippen LogP contribution in [0.5, 0.6) is 11.8 Å². The molecule has 0 aliphatic rings. The zero-order valence-electron chi connectivity index (χ0n) is 33.6. The van der Waals surface area contributed by atoms with E-state index in [0.717, 1.165) is 24.0 Å². The monoisotopic (exact) mass is 1040 g/mol. The second-order valence-corrected chi connectivity index (χ2v) is 22.1. The molecule has 0 aliphatic carbocycles. The van der Waals surface area contributed by atoms with Crippen molar-refractivity contribution in [2.24, 2.45) is 0 Å². The Labute approximate surface area is 380 Å². The van der Waals surface area contributed by atoms with Crippen molar-refractivity contribution in [2.45, 2.75) is 19.8 Å². The Morgan fingerprint density at radius 3 is 1.63 bits per heavy atom. The number of nitrogens with two attached hydrogens (primary N) is 1. The summed E-state index contributed by atoms with van der Waals surface area (Å²) in [5, 5.41) is 29.3. The summed E-state index contributed by atoms with van der Waals surface area (Å²) in [4.78, 5) is 15.4. The average molecular weight is 1050 g/mol. The topological polar surface area (TPSA) is 214 Å². The third-order valence-electron chi connectivity index (χ3n) is 7.63. The first kappa shape index (κ1) is 50.6. The molecule has 0 aliphatic heterocycles. The summed E-state index contributed by atoms with van der Waals surface area (Å²) in [6.07, 6.45) is 5.09. The molecule has 0 amide bonds. The summed E-state index contributed by atoms with van der Waals surface area (Å²) >= 11 is 23.3. The van der Waals surface area contributed by atoms with Crippen LogP contribution in [0.15, 0.2) is 82.0 Å². The number of unbranched alkanes of at least 4 members (excludes halogenated alkanes) is 1. The molecule has 0 bridgehead atoms. The fraction of sp³-hybridized carbons (Fsp3) is 0.263. The van der Waals surface area contributed by atoms with Gasteiger partial charge in [-0.2, -0.15) is 4.98 Å². The van der Waals surface area contributed by atoms with Gasteiger partial charge in [0.2, 0.25) is 22.3 Å². The van der Waals surface area contributed by atoms with Crippen LogP contribution in [0.25, 0.3) is 22.5 Å². The molecule has 15 nitrogen and oxygen atoms in total. The zero-order valence-corrected chi connectivity index (χ0v) is 40.8. The predicted molar refractivity (Wildman–Crippen MR) is 250 cm³/mol. The van der Waals surface area contributed by atoms with E-state index in [2.05, 4.69) is 84.4 Å². The van der Waals surface area contributed by atoms with Crippen LogP contribution in [0.2, 0.25) is 15.7 Å². The van der Waals surface area contributed by atoms with Crippen molar-refractivity contribution >= 4 is 109 Å². The van der Waals surface area contributed by atoms with E-state index in [1.54, 1.807) is 63.2 Å². The molecule has 0 atom stereocenters. The number of aromatic nitrogens is 8. The number of benzene rings is 2. The Balaban J connectivity index is 0.000000250. The number of halogens is 5. The highest BCUT2D eigenvalue weighted by Gasteiger charge is 2.20. The molecule has 0 saturated heterocycles. The van der Waals surface area contributed by atoms with Crippen LogP contribution < -0.4 is 31.1 Å². The van der Waals surface area contributed by atoms with Gasteiger partial charge in [0.05, 0.1) is 40.2 Å². The molecule has 60 heavy (non-hydrogen) atoms. The number of hydrogen-bond acceptors (Lipinski definition) is 15. The molecule has 4 heterocycles. The van der Waals surface area contributed by atoms with E-state index in [4.69, 9.17) is 55.1 Å². The fourth-order valence-electron chi connectivity index (χ4n) is 4.62. The van der Waals surface area contributed by atoms with Gasteiger partial charge in [0, 0.05) is 58.6 Å². The number of nitrogen functional groups attached to an aromatic ring is 1. The molecule has 0 radical (unpaired) electrons. The minimum Gasteiger partial charge on any atom is -0.480 e. The first-order valence-corrected chi connectivity index (χ1v) is 25.5. The molecule has 2 aromatic carbocycles. The number of anilines is 3. The standard InChI is InChI=1S/C17H16BrClN5O2P.C13H16N3O2P.C4HBrCl2N2.C4H10O/c1-26-15-7-6-12(23-24-15)10-4-5-13(14(8-10)27(2,3)25)21-16-11(18)9-20-17(19)22-16;1-18-13-7-6-11(15-16-13)9-4-5-10(14)12(8-9)19(2,3)17;5-2-1-8-4(7)9-3(2)6;1-2-3-4-5/h4-9H,1-3H3,(H,20,21,22);4-8H,14H2,1-3H3;1H;5H,2-4H2,1H3. The Morgan fingerprint density at radius 1 is 0.717 bits per heavy atom. The highest BCUT2D eigenvalue weighted by atomic mass is 79.9. The minimum atomic E-state index is -2.61. The molecule has 0 fully saturated rings. The Kier molecular flexibility index (Phi) is 20.2. The maximum atomic E-state index is 12.9. The molecule has 320 valence electrons. The number of rotatable bonds is 10. The third kappa shape index (κ3) is 15.9. The lowest BCUT2D eigenvalue weighted by Crippen LogP contribution is -2.11. The van der Waals surface area contributed by atoms with E-state index in [9.17, 15) is 9.13 Å². The van der Waals surface area contributed by atoms with Crippen LogP contribution in [0.3, 0.4) is 0 Å². The highest BCUT2D eigenvalue weighted by Crippen LogP contribution is 2.41. The van der Waals surface area contributed by atoms with E-state index in [1.165, 1.54) is 20.4 Å². The van der Waals surface area contributed by atoms with Gasteiger partial charge in [-0.05, 0) is 125 Å². The summed E-state index contributed by atoms with van der Waals surface area (Å²) < 4.78 is 36.4. The predicted octanol–water partition coefficient (Wildman–Crippen LogP) is 9.66. The maximum absolute atomic E-state index is 12.9. The third-order valence-corrected chi connectivity index (χ3v) is 12.7. The Bertz CT molecular complexity index is 2430. The number of methoxy groups -OCH3 is 2. The van der Waals surface area contributed by atoms with Gasteiger partial charge in [-0.1, -0.05) is 37.1 Å².